The van der Waals surface area contributed by atoms with Gasteiger partial charge in [0.15, 0.2) is 0 Å². The maximum absolute atomic E-state index is 13.0. The molecule has 1 N–H and O–H groups in total. The molecule has 5 nitrogen and oxygen atoms in total. The van der Waals surface area contributed by atoms with Gasteiger partial charge in [0.1, 0.15) is 0 Å². The lowest BCUT2D eigenvalue weighted by Gasteiger charge is -2.45. The Balaban J connectivity index is 1.33. The molecular weight excluding hydrogens is 372 g/mol. The molecule has 1 aliphatic carbocycles. The topological polar surface area (TPSA) is 50.2 Å². The average Bonchev–Trinajstić information content (AvgIpc) is 3.14. The first-order valence-electron chi connectivity index (χ1n) is 11.1. The van der Waals surface area contributed by atoms with Gasteiger partial charge in [0.25, 0.3) is 0 Å². The van der Waals surface area contributed by atoms with E-state index in [0.29, 0.717) is 18.5 Å². The Morgan fingerprint density at radius 2 is 2.13 bits per heavy atom. The van der Waals surface area contributed by atoms with Crippen LogP contribution in [0.4, 0.5) is 0 Å². The first kappa shape index (κ1) is 19.3. The fourth-order valence-electron chi connectivity index (χ4n) is 5.57. The number of hydrogen-bond acceptors (Lipinski definition) is 3. The van der Waals surface area contributed by atoms with Gasteiger partial charge >= 0.3 is 0 Å². The number of nitrogens with zero attached hydrogens (tertiary/aromatic N) is 3. The highest BCUT2D eigenvalue weighted by atomic mass is 16.1. The van der Waals surface area contributed by atoms with Crippen LogP contribution in [-0.4, -0.2) is 46.5 Å². The lowest BCUT2D eigenvalue weighted by atomic mass is 9.72. The minimum Gasteiger partial charge on any atom is -0.355 e. The largest absolute Gasteiger partial charge is 0.355 e. The quantitative estimate of drug-likeness (QED) is 0.712. The van der Waals surface area contributed by atoms with E-state index in [1.54, 1.807) is 6.20 Å². The Kier molecular flexibility index (Phi) is 5.07. The SMILES string of the molecule is CCn1cc2c3c(cccc31)C1C[C@@H](C(=O)NCCc3ccccn3)CN(C)[C@@H]1C2. The molecule has 0 saturated carbocycles. The number of hydrogen-bond donors (Lipinski definition) is 1. The van der Waals surface area contributed by atoms with Crippen LogP contribution < -0.4 is 5.32 Å². The second-order valence-electron chi connectivity index (χ2n) is 8.79. The van der Waals surface area contributed by atoms with Gasteiger partial charge < -0.3 is 14.8 Å². The third-order valence-electron chi connectivity index (χ3n) is 7.04. The average molecular weight is 403 g/mol. The van der Waals surface area contributed by atoms with E-state index in [4.69, 9.17) is 0 Å². The number of likely N-dealkylation sites (tertiary alicyclic amines) is 1. The van der Waals surface area contributed by atoms with Crippen molar-refractivity contribution in [1.29, 1.82) is 0 Å². The molecule has 1 aliphatic heterocycles. The van der Waals surface area contributed by atoms with Crippen molar-refractivity contribution in [3.8, 4) is 0 Å². The smallest absolute Gasteiger partial charge is 0.224 e. The first-order valence-corrected chi connectivity index (χ1v) is 11.1. The van der Waals surface area contributed by atoms with Crippen molar-refractivity contribution in [3.63, 3.8) is 0 Å². The summed E-state index contributed by atoms with van der Waals surface area (Å²) in [5.74, 6) is 0.629. The van der Waals surface area contributed by atoms with Crippen LogP contribution in [0.25, 0.3) is 10.9 Å². The highest BCUT2D eigenvalue weighted by Gasteiger charge is 2.41. The van der Waals surface area contributed by atoms with Crippen LogP contribution in [0.5, 0.6) is 0 Å². The number of nitrogens with one attached hydrogen (secondary N) is 1. The summed E-state index contributed by atoms with van der Waals surface area (Å²) >= 11 is 0. The normalized spacial score (nSPS) is 23.3. The number of aromatic nitrogens is 2. The maximum atomic E-state index is 13.0. The molecule has 0 bridgehead atoms. The number of carbonyl (C=O) groups excluding carboxylic acids is 1. The summed E-state index contributed by atoms with van der Waals surface area (Å²) in [5, 5.41) is 4.60. The van der Waals surface area contributed by atoms with Crippen molar-refractivity contribution in [3.05, 3.63) is 65.6 Å². The van der Waals surface area contributed by atoms with Crippen molar-refractivity contribution in [2.24, 2.45) is 5.92 Å². The first-order chi connectivity index (χ1) is 14.7. The summed E-state index contributed by atoms with van der Waals surface area (Å²) in [7, 11) is 2.19. The minimum atomic E-state index is 0.0325. The molecule has 0 radical (unpaired) electrons. The summed E-state index contributed by atoms with van der Waals surface area (Å²) in [6.07, 6.45) is 6.93. The number of aryl methyl sites for hydroxylation is 1. The van der Waals surface area contributed by atoms with E-state index in [-0.39, 0.29) is 11.8 Å². The van der Waals surface area contributed by atoms with Crippen molar-refractivity contribution < 1.29 is 4.79 Å². The number of carbonyl (C=O) groups is 1. The molecule has 3 atom stereocenters. The zero-order valence-electron chi connectivity index (χ0n) is 17.8. The predicted octanol–water partition coefficient (Wildman–Crippen LogP) is 3.38. The van der Waals surface area contributed by atoms with Crippen LogP contribution in [0.15, 0.2) is 48.8 Å². The zero-order chi connectivity index (χ0) is 20.7. The monoisotopic (exact) mass is 402 g/mol. The van der Waals surface area contributed by atoms with Gasteiger partial charge in [0, 0.05) is 67.0 Å². The molecule has 2 aliphatic rings. The van der Waals surface area contributed by atoms with Crippen LogP contribution >= 0.6 is 0 Å². The number of benzene rings is 1. The highest BCUT2D eigenvalue weighted by molar-refractivity contribution is 5.89. The highest BCUT2D eigenvalue weighted by Crippen LogP contribution is 2.44. The third kappa shape index (κ3) is 3.31. The molecule has 5 heteroatoms. The molecule has 156 valence electrons. The van der Waals surface area contributed by atoms with E-state index in [1.807, 2.05) is 18.2 Å². The van der Waals surface area contributed by atoms with Gasteiger partial charge in [0.2, 0.25) is 5.91 Å². The molecule has 1 aromatic carbocycles. The number of piperidine rings is 1. The second kappa shape index (κ2) is 7.88. The van der Waals surface area contributed by atoms with Gasteiger partial charge in [-0.25, -0.2) is 0 Å². The Bertz CT molecular complexity index is 1060. The molecule has 3 aromatic rings. The van der Waals surface area contributed by atoms with E-state index >= 15 is 0 Å². The van der Waals surface area contributed by atoms with Crippen molar-refractivity contribution in [2.45, 2.75) is 44.7 Å². The summed E-state index contributed by atoms with van der Waals surface area (Å²) in [6.45, 7) is 4.67. The number of likely N-dealkylation sites (N-methyl/N-ethyl adjacent to an activating group) is 1. The minimum absolute atomic E-state index is 0.0325. The summed E-state index contributed by atoms with van der Waals surface area (Å²) in [5.41, 5.74) is 5.26. The van der Waals surface area contributed by atoms with E-state index in [0.717, 1.165) is 38.0 Å². The van der Waals surface area contributed by atoms with Crippen LogP contribution in [0, 0.1) is 5.92 Å². The van der Waals surface area contributed by atoms with Gasteiger partial charge in [-0.15, -0.1) is 0 Å². The summed E-state index contributed by atoms with van der Waals surface area (Å²) in [6, 6.07) is 13.1. The van der Waals surface area contributed by atoms with E-state index in [9.17, 15) is 4.79 Å². The number of rotatable bonds is 5. The fourth-order valence-corrected chi connectivity index (χ4v) is 5.57. The molecule has 1 unspecified atom stereocenters. The van der Waals surface area contributed by atoms with E-state index < -0.39 is 0 Å². The Hall–Kier alpha value is -2.66. The lowest BCUT2D eigenvalue weighted by Crippen LogP contribution is -2.51. The molecule has 0 spiro atoms. The van der Waals surface area contributed by atoms with Gasteiger partial charge in [-0.3, -0.25) is 9.78 Å². The molecule has 1 amide bonds. The Labute approximate surface area is 178 Å². The summed E-state index contributed by atoms with van der Waals surface area (Å²) in [4.78, 5) is 19.7. The Morgan fingerprint density at radius 3 is 2.93 bits per heavy atom. The van der Waals surface area contributed by atoms with Gasteiger partial charge in [-0.2, -0.15) is 0 Å². The number of fused-ring (bicyclic) bond motifs is 2. The fraction of sp³-hybridized carbons (Fsp3) is 0.440. The maximum Gasteiger partial charge on any atom is 0.224 e. The van der Waals surface area contributed by atoms with Crippen LogP contribution in [-0.2, 0) is 24.2 Å². The van der Waals surface area contributed by atoms with Crippen molar-refractivity contribution in [1.82, 2.24) is 19.8 Å². The molecule has 1 saturated heterocycles. The Morgan fingerprint density at radius 1 is 1.23 bits per heavy atom. The third-order valence-corrected chi connectivity index (χ3v) is 7.04. The molecule has 30 heavy (non-hydrogen) atoms. The van der Waals surface area contributed by atoms with Crippen molar-refractivity contribution >= 4 is 16.8 Å². The zero-order valence-corrected chi connectivity index (χ0v) is 17.8. The van der Waals surface area contributed by atoms with Gasteiger partial charge in [-0.1, -0.05) is 18.2 Å². The molecule has 1 fully saturated rings. The molecule has 5 rings (SSSR count). The standard InChI is InChI=1S/C25H30N4O/c1-3-29-16-17-14-23-21(20-8-6-9-22(29)24(17)20)13-18(15-28(23)2)25(30)27-12-10-19-7-4-5-11-26-19/h4-9,11,16,18,21,23H,3,10,12-15H2,1-2H3,(H,27,30)/t18-,21?,23-/m1/s1. The van der Waals surface area contributed by atoms with Crippen LogP contribution in [0.2, 0.25) is 0 Å². The van der Waals surface area contributed by atoms with Crippen molar-refractivity contribution in [2.75, 3.05) is 20.1 Å². The van der Waals surface area contributed by atoms with E-state index in [2.05, 4.69) is 58.1 Å². The number of amides is 1. The second-order valence-corrected chi connectivity index (χ2v) is 8.79. The molecule has 2 aromatic heterocycles. The lowest BCUT2D eigenvalue weighted by molar-refractivity contribution is -0.127. The summed E-state index contributed by atoms with van der Waals surface area (Å²) < 4.78 is 2.37. The number of pyridine rings is 1. The molecular formula is C25H30N4O. The molecule has 3 heterocycles. The van der Waals surface area contributed by atoms with Crippen LogP contribution in [0.1, 0.15) is 36.1 Å². The van der Waals surface area contributed by atoms with E-state index in [1.165, 1.54) is 22.0 Å². The predicted molar refractivity (Wildman–Crippen MR) is 120 cm³/mol. The van der Waals surface area contributed by atoms with Gasteiger partial charge in [0.05, 0.1) is 5.92 Å². The van der Waals surface area contributed by atoms with Gasteiger partial charge in [-0.05, 0) is 56.1 Å². The van der Waals surface area contributed by atoms with Crippen LogP contribution in [0.3, 0.4) is 0 Å².